The van der Waals surface area contributed by atoms with Crippen molar-refractivity contribution < 1.29 is 18.0 Å². The summed E-state index contributed by atoms with van der Waals surface area (Å²) >= 11 is 0. The van der Waals surface area contributed by atoms with Crippen molar-refractivity contribution in [1.82, 2.24) is 5.32 Å². The maximum Gasteiger partial charge on any atom is 0.416 e. The Morgan fingerprint density at radius 2 is 2.08 bits per heavy atom. The van der Waals surface area contributed by atoms with E-state index >= 15 is 0 Å². The number of rotatable bonds is 3. The number of carbonyl (C=O) groups is 1. The van der Waals surface area contributed by atoms with Crippen LogP contribution < -0.4 is 11.1 Å². The van der Waals surface area contributed by atoms with Gasteiger partial charge in [0.25, 0.3) is 0 Å². The van der Waals surface area contributed by atoms with E-state index in [0.29, 0.717) is 12.8 Å². The molecule has 0 radical (unpaired) electrons. The molecule has 8 heteroatoms. The van der Waals surface area contributed by atoms with Crippen LogP contribution in [0.3, 0.4) is 0 Å². The van der Waals surface area contributed by atoms with Crippen molar-refractivity contribution in [1.29, 1.82) is 5.26 Å². The third-order valence-corrected chi connectivity index (χ3v) is 4.08. The zero-order chi connectivity index (χ0) is 17.0. The Labute approximate surface area is 144 Å². The molecule has 0 aliphatic heterocycles. The highest BCUT2D eigenvalue weighted by atomic mass is 35.5. The van der Waals surface area contributed by atoms with Crippen molar-refractivity contribution in [3.05, 3.63) is 34.9 Å². The quantitative estimate of drug-likeness (QED) is 0.868. The van der Waals surface area contributed by atoms with Gasteiger partial charge in [-0.1, -0.05) is 12.5 Å². The number of benzene rings is 1. The van der Waals surface area contributed by atoms with E-state index in [1.165, 1.54) is 12.1 Å². The van der Waals surface area contributed by atoms with Gasteiger partial charge in [0.1, 0.15) is 0 Å². The normalized spacial score (nSPS) is 20.6. The number of nitrogens with one attached hydrogen (secondary N) is 1. The Morgan fingerprint density at radius 1 is 1.38 bits per heavy atom. The number of nitrogens with two attached hydrogens (primary N) is 1. The van der Waals surface area contributed by atoms with Gasteiger partial charge in [-0.2, -0.15) is 18.4 Å². The minimum atomic E-state index is -4.57. The SMILES string of the molecule is Cl.N#Cc1ccc(CNC(=O)C2CCCC(N)C2)c(C(F)(F)F)c1. The van der Waals surface area contributed by atoms with Gasteiger partial charge in [0, 0.05) is 18.5 Å². The minimum absolute atomic E-state index is 0. The molecular weight excluding hydrogens is 343 g/mol. The molecule has 2 rings (SSSR count). The monoisotopic (exact) mass is 361 g/mol. The van der Waals surface area contributed by atoms with Crippen LogP contribution in [0.2, 0.25) is 0 Å². The maximum atomic E-state index is 13.1. The van der Waals surface area contributed by atoms with Gasteiger partial charge in [0.15, 0.2) is 0 Å². The molecule has 0 aromatic heterocycles. The summed E-state index contributed by atoms with van der Waals surface area (Å²) in [7, 11) is 0. The number of nitriles is 1. The second kappa shape index (κ2) is 8.36. The van der Waals surface area contributed by atoms with Crippen LogP contribution in [0.4, 0.5) is 13.2 Å². The summed E-state index contributed by atoms with van der Waals surface area (Å²) in [5.74, 6) is -0.510. The predicted octanol–water partition coefficient (Wildman–Crippen LogP) is 3.13. The first-order valence-electron chi connectivity index (χ1n) is 7.44. The molecule has 4 nitrogen and oxygen atoms in total. The molecule has 132 valence electrons. The third-order valence-electron chi connectivity index (χ3n) is 4.08. The molecule has 1 amide bonds. The molecule has 0 spiro atoms. The molecular formula is C16H19ClF3N3O. The van der Waals surface area contributed by atoms with E-state index in [1.807, 2.05) is 0 Å². The Morgan fingerprint density at radius 3 is 2.67 bits per heavy atom. The lowest BCUT2D eigenvalue weighted by Gasteiger charge is -2.25. The summed E-state index contributed by atoms with van der Waals surface area (Å²) in [5.41, 5.74) is 4.82. The molecule has 0 saturated heterocycles. The number of hydrogen-bond donors (Lipinski definition) is 2. The number of amides is 1. The maximum absolute atomic E-state index is 13.1. The minimum Gasteiger partial charge on any atom is -0.352 e. The Kier molecular flexibility index (Phi) is 7.06. The van der Waals surface area contributed by atoms with Gasteiger partial charge in [-0.25, -0.2) is 0 Å². The lowest BCUT2D eigenvalue weighted by molar-refractivity contribution is -0.138. The molecule has 3 N–H and O–H groups in total. The Hall–Kier alpha value is -1.78. The van der Waals surface area contributed by atoms with Crippen LogP contribution in [-0.2, 0) is 17.5 Å². The largest absolute Gasteiger partial charge is 0.416 e. The first-order valence-corrected chi connectivity index (χ1v) is 7.44. The smallest absolute Gasteiger partial charge is 0.352 e. The highest BCUT2D eigenvalue weighted by molar-refractivity contribution is 5.85. The van der Waals surface area contributed by atoms with Crippen LogP contribution in [0.5, 0.6) is 0 Å². The van der Waals surface area contributed by atoms with Crippen molar-refractivity contribution in [2.75, 3.05) is 0 Å². The van der Waals surface area contributed by atoms with Gasteiger partial charge in [0.2, 0.25) is 5.91 Å². The standard InChI is InChI=1S/C16H18F3N3O.ClH/c17-16(18,19)14-6-10(8-20)4-5-12(14)9-22-15(23)11-2-1-3-13(21)7-11;/h4-6,11,13H,1-3,7,9,21H2,(H,22,23);1H. The van der Waals surface area contributed by atoms with Gasteiger partial charge in [0.05, 0.1) is 17.2 Å². The van der Waals surface area contributed by atoms with E-state index in [0.717, 1.165) is 18.9 Å². The van der Waals surface area contributed by atoms with Crippen LogP contribution >= 0.6 is 12.4 Å². The predicted molar refractivity (Wildman–Crippen MR) is 85.2 cm³/mol. The number of nitrogens with zero attached hydrogens (tertiary/aromatic N) is 1. The van der Waals surface area contributed by atoms with Gasteiger partial charge in [-0.05, 0) is 37.0 Å². The fraction of sp³-hybridized carbons (Fsp3) is 0.500. The fourth-order valence-corrected chi connectivity index (χ4v) is 2.86. The highest BCUT2D eigenvalue weighted by Gasteiger charge is 2.34. The van der Waals surface area contributed by atoms with Crippen LogP contribution in [0.1, 0.15) is 42.4 Å². The van der Waals surface area contributed by atoms with Crippen LogP contribution in [-0.4, -0.2) is 11.9 Å². The second-order valence-electron chi connectivity index (χ2n) is 5.82. The summed E-state index contributed by atoms with van der Waals surface area (Å²) < 4.78 is 39.2. The summed E-state index contributed by atoms with van der Waals surface area (Å²) in [6, 6.07) is 5.01. The second-order valence-corrected chi connectivity index (χ2v) is 5.82. The topological polar surface area (TPSA) is 78.9 Å². The molecule has 24 heavy (non-hydrogen) atoms. The van der Waals surface area contributed by atoms with Gasteiger partial charge in [-0.15, -0.1) is 12.4 Å². The number of alkyl halides is 3. The zero-order valence-electron chi connectivity index (χ0n) is 12.9. The molecule has 1 aromatic carbocycles. The summed E-state index contributed by atoms with van der Waals surface area (Å²) in [6.45, 7) is -0.217. The first kappa shape index (κ1) is 20.3. The zero-order valence-corrected chi connectivity index (χ0v) is 13.7. The summed E-state index contributed by atoms with van der Waals surface area (Å²) in [6.07, 6.45) is -1.58. The van der Waals surface area contributed by atoms with Crippen molar-refractivity contribution in [2.45, 2.75) is 44.4 Å². The molecule has 2 atom stereocenters. The van der Waals surface area contributed by atoms with Crippen LogP contribution in [0, 0.1) is 17.2 Å². The van der Waals surface area contributed by atoms with Crippen molar-refractivity contribution >= 4 is 18.3 Å². The molecule has 1 saturated carbocycles. The van der Waals surface area contributed by atoms with Crippen molar-refractivity contribution in [2.24, 2.45) is 11.7 Å². The molecule has 1 aliphatic carbocycles. The molecule has 1 aromatic rings. The van der Waals surface area contributed by atoms with Gasteiger partial charge < -0.3 is 11.1 Å². The van der Waals surface area contributed by atoms with E-state index < -0.39 is 11.7 Å². The van der Waals surface area contributed by atoms with Crippen LogP contribution in [0.25, 0.3) is 0 Å². The number of halogens is 4. The van der Waals surface area contributed by atoms with Gasteiger partial charge >= 0.3 is 6.18 Å². The highest BCUT2D eigenvalue weighted by Crippen LogP contribution is 2.33. The lowest BCUT2D eigenvalue weighted by Crippen LogP contribution is -2.37. The van der Waals surface area contributed by atoms with E-state index in [9.17, 15) is 18.0 Å². The van der Waals surface area contributed by atoms with E-state index in [2.05, 4.69) is 5.32 Å². The summed E-state index contributed by atoms with van der Waals surface area (Å²) in [5, 5.41) is 11.3. The molecule has 2 unspecified atom stereocenters. The van der Waals surface area contributed by atoms with Crippen molar-refractivity contribution in [3.8, 4) is 6.07 Å². The Bertz CT molecular complexity index is 628. The van der Waals surface area contributed by atoms with E-state index in [4.69, 9.17) is 11.0 Å². The first-order chi connectivity index (χ1) is 10.8. The molecule has 1 aliphatic rings. The van der Waals surface area contributed by atoms with Crippen molar-refractivity contribution in [3.63, 3.8) is 0 Å². The van der Waals surface area contributed by atoms with Crippen LogP contribution in [0.15, 0.2) is 18.2 Å². The average Bonchev–Trinajstić information content (AvgIpc) is 2.51. The average molecular weight is 362 g/mol. The number of hydrogen-bond acceptors (Lipinski definition) is 3. The molecule has 0 bridgehead atoms. The molecule has 1 fully saturated rings. The van der Waals surface area contributed by atoms with E-state index in [-0.39, 0.29) is 47.9 Å². The number of carbonyl (C=O) groups excluding carboxylic acids is 1. The fourth-order valence-electron chi connectivity index (χ4n) is 2.86. The lowest BCUT2D eigenvalue weighted by atomic mass is 9.85. The molecule has 0 heterocycles. The Balaban J connectivity index is 0.00000288. The van der Waals surface area contributed by atoms with Gasteiger partial charge in [-0.3, -0.25) is 4.79 Å². The summed E-state index contributed by atoms with van der Waals surface area (Å²) in [4.78, 5) is 12.1. The van der Waals surface area contributed by atoms with E-state index in [1.54, 1.807) is 6.07 Å². The third kappa shape index (κ3) is 5.11.